The van der Waals surface area contributed by atoms with Crippen LogP contribution in [0.25, 0.3) is 0 Å². The summed E-state index contributed by atoms with van der Waals surface area (Å²) < 4.78 is 12.0. The molecule has 1 N–H and O–H groups in total. The number of hydrogen-bond donors (Lipinski definition) is 1. The molecule has 0 aromatic heterocycles. The molecular weight excluding hydrogens is 466 g/mol. The number of ketones is 1. The second kappa shape index (κ2) is 10.2. The van der Waals surface area contributed by atoms with Crippen LogP contribution in [-0.2, 0) is 19.1 Å². The molecule has 0 aromatic carbocycles. The Hall–Kier alpha value is -1.59. The minimum absolute atomic E-state index is 0.125. The highest BCUT2D eigenvalue weighted by molar-refractivity contribution is 5.83. The number of carbonyl (C=O) groups is 3. The molecule has 6 nitrogen and oxygen atoms in total. The van der Waals surface area contributed by atoms with Crippen LogP contribution in [0, 0.1) is 46.3 Å². The zero-order chi connectivity index (χ0) is 27.3. The molecular formula is C31H51NO5. The van der Waals surface area contributed by atoms with Crippen molar-refractivity contribution in [2.45, 2.75) is 131 Å². The number of fused-ring (bicyclic) bond motifs is 5. The fourth-order valence-corrected chi connectivity index (χ4v) is 9.32. The summed E-state index contributed by atoms with van der Waals surface area (Å²) in [6, 6.07) is -0.796. The summed E-state index contributed by atoms with van der Waals surface area (Å²) >= 11 is 0. The molecule has 0 radical (unpaired) electrons. The van der Waals surface area contributed by atoms with Crippen LogP contribution in [-0.4, -0.2) is 35.6 Å². The van der Waals surface area contributed by atoms with Gasteiger partial charge in [0, 0.05) is 17.8 Å². The van der Waals surface area contributed by atoms with Crippen LogP contribution in [0.1, 0.15) is 113 Å². The van der Waals surface area contributed by atoms with E-state index < -0.39 is 23.7 Å². The van der Waals surface area contributed by atoms with Crippen LogP contribution in [0.5, 0.6) is 0 Å². The number of nitrogens with one attached hydrogen (secondary N) is 1. The molecule has 4 unspecified atom stereocenters. The molecule has 0 aromatic rings. The Morgan fingerprint density at radius 1 is 1.11 bits per heavy atom. The number of rotatable bonds is 5. The van der Waals surface area contributed by atoms with Crippen LogP contribution in [0.15, 0.2) is 0 Å². The number of alkyl carbamates (subject to hydrolysis) is 1. The third-order valence-electron chi connectivity index (χ3n) is 11.1. The maximum Gasteiger partial charge on any atom is 0.408 e. The molecule has 4 aliphatic carbocycles. The minimum Gasteiger partial charge on any atom is -0.460 e. The predicted octanol–water partition coefficient (Wildman–Crippen LogP) is 6.70. The number of Topliss-reactive ketones (excluding diaryl/α,β-unsaturated/α-hetero) is 1. The molecule has 4 fully saturated rings. The molecule has 9 atom stereocenters. The lowest BCUT2D eigenvalue weighted by Gasteiger charge is -2.64. The standard InChI is InChI=1S/C31H51NO5/c1-9-31-19(4)24(33)15-14-22(31)21-13-12-20-11-10-16-30(20,8)23(21)17-25(31)36-27(34)26(18(2)3)32-28(35)37-29(5,6)7/h18-23,25-26H,9-17H2,1-8H3,(H,32,35)/t19-,20?,21?,22?,23?,25+,26+,30-,31+/m1/s1. The van der Waals surface area contributed by atoms with Gasteiger partial charge in [-0.3, -0.25) is 4.79 Å². The monoisotopic (exact) mass is 517 g/mol. The van der Waals surface area contributed by atoms with Crippen molar-refractivity contribution < 1.29 is 23.9 Å². The highest BCUT2D eigenvalue weighted by Crippen LogP contribution is 2.68. The van der Waals surface area contributed by atoms with Crippen molar-refractivity contribution in [3.63, 3.8) is 0 Å². The van der Waals surface area contributed by atoms with Gasteiger partial charge in [-0.25, -0.2) is 9.59 Å². The Bertz CT molecular complexity index is 893. The van der Waals surface area contributed by atoms with Gasteiger partial charge in [0.15, 0.2) is 0 Å². The average molecular weight is 518 g/mol. The van der Waals surface area contributed by atoms with Crippen molar-refractivity contribution in [2.24, 2.45) is 46.3 Å². The van der Waals surface area contributed by atoms with Crippen molar-refractivity contribution in [1.29, 1.82) is 0 Å². The second-order valence-electron chi connectivity index (χ2n) is 14.3. The highest BCUT2D eigenvalue weighted by atomic mass is 16.6. The van der Waals surface area contributed by atoms with Gasteiger partial charge in [0.2, 0.25) is 0 Å². The van der Waals surface area contributed by atoms with E-state index in [0.29, 0.717) is 35.4 Å². The van der Waals surface area contributed by atoms with E-state index in [9.17, 15) is 14.4 Å². The molecule has 4 rings (SSSR count). The first-order valence-corrected chi connectivity index (χ1v) is 15.0. The molecule has 0 heterocycles. The van der Waals surface area contributed by atoms with Crippen molar-refractivity contribution >= 4 is 17.8 Å². The summed E-state index contributed by atoms with van der Waals surface area (Å²) in [5.74, 6) is 1.92. The third kappa shape index (κ3) is 4.95. The number of ether oxygens (including phenoxy) is 2. The Morgan fingerprint density at radius 2 is 1.81 bits per heavy atom. The van der Waals surface area contributed by atoms with Gasteiger partial charge in [-0.1, -0.05) is 41.0 Å². The Kier molecular flexibility index (Phi) is 7.82. The number of carbonyl (C=O) groups excluding carboxylic acids is 3. The van der Waals surface area contributed by atoms with Crippen molar-refractivity contribution in [3.05, 3.63) is 0 Å². The molecule has 6 heteroatoms. The summed E-state index contributed by atoms with van der Waals surface area (Å²) in [5, 5.41) is 2.78. The first-order valence-electron chi connectivity index (χ1n) is 15.0. The van der Waals surface area contributed by atoms with Crippen LogP contribution < -0.4 is 5.32 Å². The summed E-state index contributed by atoms with van der Waals surface area (Å²) in [6.07, 6.45) is 8.72. The number of hydrogen-bond acceptors (Lipinski definition) is 5. The lowest BCUT2D eigenvalue weighted by atomic mass is 9.42. The van der Waals surface area contributed by atoms with E-state index in [-0.39, 0.29) is 23.4 Å². The van der Waals surface area contributed by atoms with Gasteiger partial charge in [0.1, 0.15) is 23.5 Å². The first kappa shape index (κ1) is 28.4. The van der Waals surface area contributed by atoms with E-state index >= 15 is 0 Å². The molecule has 0 aliphatic heterocycles. The molecule has 210 valence electrons. The van der Waals surface area contributed by atoms with Crippen LogP contribution >= 0.6 is 0 Å². The number of amides is 1. The van der Waals surface area contributed by atoms with Crippen LogP contribution in [0.3, 0.4) is 0 Å². The van der Waals surface area contributed by atoms with Gasteiger partial charge < -0.3 is 14.8 Å². The minimum atomic E-state index is -0.796. The van der Waals surface area contributed by atoms with E-state index in [1.54, 1.807) is 20.8 Å². The number of esters is 1. The van der Waals surface area contributed by atoms with Gasteiger partial charge >= 0.3 is 12.1 Å². The van der Waals surface area contributed by atoms with E-state index in [1.165, 1.54) is 32.1 Å². The quantitative estimate of drug-likeness (QED) is 0.411. The van der Waals surface area contributed by atoms with Crippen molar-refractivity contribution in [3.8, 4) is 0 Å². The lowest BCUT2D eigenvalue weighted by molar-refractivity contribution is -0.211. The van der Waals surface area contributed by atoms with E-state index in [2.05, 4.69) is 26.1 Å². The van der Waals surface area contributed by atoms with E-state index in [1.807, 2.05) is 13.8 Å². The maximum atomic E-state index is 13.8. The summed E-state index contributed by atoms with van der Waals surface area (Å²) in [5.41, 5.74) is -0.689. The summed E-state index contributed by atoms with van der Waals surface area (Å²) in [6.45, 7) is 16.0. The van der Waals surface area contributed by atoms with Crippen LogP contribution in [0.2, 0.25) is 0 Å². The Morgan fingerprint density at radius 3 is 2.43 bits per heavy atom. The van der Waals surface area contributed by atoms with E-state index in [4.69, 9.17) is 9.47 Å². The average Bonchev–Trinajstić information content (AvgIpc) is 3.20. The maximum absolute atomic E-state index is 13.8. The van der Waals surface area contributed by atoms with Gasteiger partial charge in [-0.2, -0.15) is 0 Å². The summed E-state index contributed by atoms with van der Waals surface area (Å²) in [7, 11) is 0. The van der Waals surface area contributed by atoms with E-state index in [0.717, 1.165) is 25.2 Å². The summed E-state index contributed by atoms with van der Waals surface area (Å²) in [4.78, 5) is 39.5. The van der Waals surface area contributed by atoms with Crippen molar-refractivity contribution in [2.75, 3.05) is 0 Å². The zero-order valence-corrected chi connectivity index (χ0v) is 24.5. The molecule has 0 saturated heterocycles. The van der Waals surface area contributed by atoms with Crippen molar-refractivity contribution in [1.82, 2.24) is 5.32 Å². The predicted molar refractivity (Wildman–Crippen MR) is 144 cm³/mol. The van der Waals surface area contributed by atoms with Crippen LogP contribution in [0.4, 0.5) is 4.79 Å². The molecule has 0 spiro atoms. The second-order valence-corrected chi connectivity index (χ2v) is 14.3. The van der Waals surface area contributed by atoms with Gasteiger partial charge in [-0.15, -0.1) is 0 Å². The first-order chi connectivity index (χ1) is 17.2. The Balaban J connectivity index is 1.65. The Labute approximate surface area is 224 Å². The fourth-order valence-electron chi connectivity index (χ4n) is 9.32. The van der Waals surface area contributed by atoms with Gasteiger partial charge in [-0.05, 0) is 101 Å². The molecule has 4 saturated carbocycles. The highest BCUT2D eigenvalue weighted by Gasteiger charge is 2.65. The third-order valence-corrected chi connectivity index (χ3v) is 11.1. The molecule has 0 bridgehead atoms. The van der Waals surface area contributed by atoms with Gasteiger partial charge in [0.05, 0.1) is 0 Å². The fraction of sp³-hybridized carbons (Fsp3) is 0.903. The molecule has 1 amide bonds. The molecule has 37 heavy (non-hydrogen) atoms. The van der Waals surface area contributed by atoms with Gasteiger partial charge in [0.25, 0.3) is 0 Å². The largest absolute Gasteiger partial charge is 0.460 e. The normalized spacial score (nSPS) is 40.3. The smallest absolute Gasteiger partial charge is 0.408 e. The lowest BCUT2D eigenvalue weighted by Crippen LogP contribution is -2.63. The molecule has 4 aliphatic rings. The SMILES string of the molecule is CC[C@@]12C(CCC(=O)[C@H]1C)C1CCC3CCC[C@@]3(C)C1C[C@@H]2OC(=O)[C@@H](NC(=O)OC(C)(C)C)C(C)C. The topological polar surface area (TPSA) is 81.7 Å². The zero-order valence-electron chi connectivity index (χ0n) is 24.5.